The second-order valence-corrected chi connectivity index (χ2v) is 5.80. The molecule has 0 aliphatic rings. The number of aromatic hydroxyl groups is 6. The predicted molar refractivity (Wildman–Crippen MR) is 94.3 cm³/mol. The van der Waals surface area contributed by atoms with Gasteiger partial charge in [-0.15, -0.1) is 0 Å². The van der Waals surface area contributed by atoms with Gasteiger partial charge in [0.25, 0.3) is 0 Å². The summed E-state index contributed by atoms with van der Waals surface area (Å²) in [5.74, 6) is -5.78. The van der Waals surface area contributed by atoms with Crippen LogP contribution in [-0.4, -0.2) is 42.5 Å². The normalized spacial score (nSPS) is 10.4. The second kappa shape index (κ2) is 7.20. The van der Waals surface area contributed by atoms with Crippen LogP contribution in [0.15, 0.2) is 12.1 Å². The van der Waals surface area contributed by atoms with E-state index in [4.69, 9.17) is 0 Å². The lowest BCUT2D eigenvalue weighted by Crippen LogP contribution is -2.07. The zero-order valence-electron chi connectivity index (χ0n) is 14.4. The molecule has 0 aromatic heterocycles. The average molecular weight is 378 g/mol. The van der Waals surface area contributed by atoms with Gasteiger partial charge in [-0.05, 0) is 12.1 Å². The molecule has 0 radical (unpaired) electrons. The van der Waals surface area contributed by atoms with Crippen molar-refractivity contribution < 1.29 is 40.2 Å². The van der Waals surface area contributed by atoms with Crippen LogP contribution < -0.4 is 10.6 Å². The molecule has 0 aliphatic heterocycles. The van der Waals surface area contributed by atoms with Gasteiger partial charge in [0.1, 0.15) is 0 Å². The van der Waals surface area contributed by atoms with Crippen molar-refractivity contribution in [2.45, 2.75) is 20.3 Å². The fourth-order valence-corrected chi connectivity index (χ4v) is 2.45. The average Bonchev–Trinajstić information content (AvgIpc) is 2.58. The molecule has 10 heteroatoms. The van der Waals surface area contributed by atoms with E-state index < -0.39 is 46.3 Å². The Kier molecular flexibility index (Phi) is 5.20. The molecule has 0 fully saturated rings. The Hall–Kier alpha value is -3.82. The highest BCUT2D eigenvalue weighted by Crippen LogP contribution is 2.47. The number of rotatable bonds is 4. The first-order valence-corrected chi connectivity index (χ1v) is 7.61. The highest BCUT2D eigenvalue weighted by Gasteiger charge is 2.22. The summed E-state index contributed by atoms with van der Waals surface area (Å²) in [7, 11) is 0. The van der Waals surface area contributed by atoms with E-state index in [0.717, 1.165) is 12.1 Å². The van der Waals surface area contributed by atoms with Crippen LogP contribution in [0, 0.1) is 0 Å². The van der Waals surface area contributed by atoms with Gasteiger partial charge in [0.15, 0.2) is 23.0 Å². The minimum Gasteiger partial charge on any atom is -0.504 e. The van der Waals surface area contributed by atoms with Crippen molar-refractivity contribution in [2.75, 3.05) is 10.6 Å². The minimum atomic E-state index is -0.888. The molecular weight excluding hydrogens is 360 g/mol. The van der Waals surface area contributed by atoms with E-state index >= 15 is 0 Å². The molecule has 0 unspecified atom stereocenters. The van der Waals surface area contributed by atoms with E-state index in [1.54, 1.807) is 0 Å². The number of phenols is 6. The number of nitrogens with one attached hydrogen (secondary N) is 2. The number of hydrogen-bond acceptors (Lipinski definition) is 8. The third-order valence-electron chi connectivity index (χ3n) is 3.66. The quantitative estimate of drug-likeness (QED) is 0.290. The van der Waals surface area contributed by atoms with Crippen molar-refractivity contribution in [2.24, 2.45) is 0 Å². The Morgan fingerprint density at radius 2 is 1.00 bits per heavy atom. The van der Waals surface area contributed by atoms with Crippen LogP contribution in [0.3, 0.4) is 0 Å². The first-order chi connectivity index (χ1) is 12.5. The van der Waals surface area contributed by atoms with E-state index in [0.29, 0.717) is 0 Å². The van der Waals surface area contributed by atoms with Crippen LogP contribution in [0.25, 0.3) is 0 Å². The topological polar surface area (TPSA) is 180 Å². The summed E-state index contributed by atoms with van der Waals surface area (Å²) >= 11 is 0. The first kappa shape index (κ1) is 19.5. The van der Waals surface area contributed by atoms with Crippen LogP contribution >= 0.6 is 0 Å². The third-order valence-corrected chi connectivity index (χ3v) is 3.66. The monoisotopic (exact) mass is 378 g/mol. The number of hydrogen-bond donors (Lipinski definition) is 8. The maximum Gasteiger partial charge on any atom is 0.221 e. The molecule has 10 nitrogen and oxygen atoms in total. The molecule has 0 aliphatic carbocycles. The summed E-state index contributed by atoms with van der Waals surface area (Å²) in [6.45, 7) is 2.35. The zero-order valence-corrected chi connectivity index (χ0v) is 14.4. The fraction of sp³-hybridized carbons (Fsp3) is 0.176. The van der Waals surface area contributed by atoms with Gasteiger partial charge in [0.05, 0.1) is 11.4 Å². The lowest BCUT2D eigenvalue weighted by molar-refractivity contribution is -0.115. The smallest absolute Gasteiger partial charge is 0.221 e. The Bertz CT molecular complexity index is 864. The van der Waals surface area contributed by atoms with Crippen molar-refractivity contribution in [1.29, 1.82) is 0 Å². The summed E-state index contributed by atoms with van der Waals surface area (Å²) in [6, 6.07) is 2.32. The lowest BCUT2D eigenvalue weighted by atomic mass is 10.00. The molecule has 144 valence electrons. The highest BCUT2D eigenvalue weighted by atomic mass is 16.3. The minimum absolute atomic E-state index is 0.0248. The maximum absolute atomic E-state index is 11.2. The van der Waals surface area contributed by atoms with Crippen LogP contribution in [0.5, 0.6) is 34.5 Å². The molecule has 2 aromatic rings. The van der Waals surface area contributed by atoms with Crippen molar-refractivity contribution in [3.63, 3.8) is 0 Å². The Labute approximate surface area is 153 Å². The lowest BCUT2D eigenvalue weighted by Gasteiger charge is -2.15. The molecule has 27 heavy (non-hydrogen) atoms. The number of amides is 2. The summed E-state index contributed by atoms with van der Waals surface area (Å²) in [5, 5.41) is 63.9. The molecule has 8 N–H and O–H groups in total. The van der Waals surface area contributed by atoms with Crippen LogP contribution in [-0.2, 0) is 16.0 Å². The summed E-state index contributed by atoms with van der Waals surface area (Å²) in [4.78, 5) is 22.4. The Balaban J connectivity index is 2.56. The second-order valence-electron chi connectivity index (χ2n) is 5.80. The van der Waals surface area contributed by atoms with E-state index in [1.807, 2.05) is 0 Å². The van der Waals surface area contributed by atoms with Gasteiger partial charge in [-0.2, -0.15) is 0 Å². The number of phenolic OH excluding ortho intramolecular Hbond substituents is 6. The van der Waals surface area contributed by atoms with E-state index in [9.17, 15) is 40.2 Å². The van der Waals surface area contributed by atoms with Gasteiger partial charge in [-0.1, -0.05) is 0 Å². The predicted octanol–water partition coefficient (Wildman–Crippen LogP) is 1.43. The van der Waals surface area contributed by atoms with Crippen molar-refractivity contribution in [3.8, 4) is 34.5 Å². The molecule has 0 spiro atoms. The summed E-state index contributed by atoms with van der Waals surface area (Å²) in [6.07, 6.45) is -0.293. The van der Waals surface area contributed by atoms with Gasteiger partial charge in [0.2, 0.25) is 23.3 Å². The summed E-state index contributed by atoms with van der Waals surface area (Å²) < 4.78 is 0. The molecule has 2 aromatic carbocycles. The Morgan fingerprint density at radius 1 is 0.667 bits per heavy atom. The molecule has 2 amide bonds. The van der Waals surface area contributed by atoms with E-state index in [-0.39, 0.29) is 28.9 Å². The van der Waals surface area contributed by atoms with Crippen molar-refractivity contribution in [3.05, 3.63) is 23.3 Å². The maximum atomic E-state index is 11.2. The largest absolute Gasteiger partial charge is 0.504 e. The molecule has 0 saturated carbocycles. The standard InChI is InChI=1S/C17H18N2O8/c1-6(20)18-10-4-8(12(22)16(26)14(10)24)3-9-5-11(19-7(2)21)15(25)17(27)13(9)23/h4-5,22-27H,3H2,1-2H3,(H,18,20)(H,19,21). The SMILES string of the molecule is CC(=O)Nc1cc(Cc2cc(NC(C)=O)c(O)c(O)c2O)c(O)c(O)c1O. The number of anilines is 2. The third kappa shape index (κ3) is 3.89. The molecule has 0 heterocycles. The zero-order chi connectivity index (χ0) is 20.5. The van der Waals surface area contributed by atoms with Gasteiger partial charge in [-0.25, -0.2) is 0 Å². The molecule has 0 atom stereocenters. The Morgan fingerprint density at radius 3 is 1.30 bits per heavy atom. The van der Waals surface area contributed by atoms with Crippen molar-refractivity contribution >= 4 is 23.2 Å². The van der Waals surface area contributed by atoms with E-state index in [1.165, 1.54) is 13.8 Å². The molecule has 0 bridgehead atoms. The van der Waals surface area contributed by atoms with Gasteiger partial charge in [0, 0.05) is 31.4 Å². The first-order valence-electron chi connectivity index (χ1n) is 7.61. The molecule has 2 rings (SSSR count). The number of carbonyl (C=O) groups excluding carboxylic acids is 2. The van der Waals surface area contributed by atoms with Crippen LogP contribution in [0.1, 0.15) is 25.0 Å². The molecule has 0 saturated heterocycles. The highest BCUT2D eigenvalue weighted by molar-refractivity contribution is 5.92. The molecular formula is C17H18N2O8. The van der Waals surface area contributed by atoms with Crippen LogP contribution in [0.4, 0.5) is 11.4 Å². The van der Waals surface area contributed by atoms with E-state index in [2.05, 4.69) is 10.6 Å². The summed E-state index contributed by atoms with van der Waals surface area (Å²) in [5.41, 5.74) is -0.416. The fourth-order valence-electron chi connectivity index (χ4n) is 2.45. The van der Waals surface area contributed by atoms with Gasteiger partial charge >= 0.3 is 0 Å². The number of benzene rings is 2. The van der Waals surface area contributed by atoms with Gasteiger partial charge in [-0.3, -0.25) is 9.59 Å². The number of carbonyl (C=O) groups is 2. The van der Waals surface area contributed by atoms with Crippen molar-refractivity contribution in [1.82, 2.24) is 0 Å². The van der Waals surface area contributed by atoms with Gasteiger partial charge < -0.3 is 41.3 Å². The van der Waals surface area contributed by atoms with Crippen LogP contribution in [0.2, 0.25) is 0 Å².